The Morgan fingerprint density at radius 2 is 1.81 bits per heavy atom. The third-order valence-corrected chi connectivity index (χ3v) is 6.39. The standard InChI is InChI=1S/C16H21F3N2O4S/c1-26(23,24)15(6-8-20-9-7-15)14(22)21-10-11-25-13-4-2-12(3-5-13)16(17,18)19/h2-5,20H,6-11H2,1H3,(H,21,22). The Hall–Kier alpha value is -1.81. The summed E-state index contributed by atoms with van der Waals surface area (Å²) in [4.78, 5) is 12.4. The summed E-state index contributed by atoms with van der Waals surface area (Å²) in [5, 5.41) is 5.58. The molecule has 146 valence electrons. The normalized spacial score (nSPS) is 17.5. The van der Waals surface area contributed by atoms with E-state index in [0.29, 0.717) is 13.1 Å². The highest BCUT2D eigenvalue weighted by Crippen LogP contribution is 2.30. The van der Waals surface area contributed by atoms with E-state index in [-0.39, 0.29) is 31.7 Å². The maximum Gasteiger partial charge on any atom is 0.416 e. The molecule has 1 aliphatic heterocycles. The van der Waals surface area contributed by atoms with Gasteiger partial charge in [-0.3, -0.25) is 4.79 Å². The molecule has 1 saturated heterocycles. The molecule has 0 aromatic heterocycles. The number of carbonyl (C=O) groups is 1. The van der Waals surface area contributed by atoms with Gasteiger partial charge in [0.25, 0.3) is 0 Å². The Morgan fingerprint density at radius 1 is 1.23 bits per heavy atom. The number of benzene rings is 1. The fourth-order valence-corrected chi connectivity index (χ4v) is 4.19. The van der Waals surface area contributed by atoms with Crippen LogP contribution in [0.3, 0.4) is 0 Å². The zero-order chi connectivity index (χ0) is 19.4. The predicted molar refractivity (Wildman–Crippen MR) is 89.6 cm³/mol. The van der Waals surface area contributed by atoms with Crippen LogP contribution in [0.15, 0.2) is 24.3 Å². The lowest BCUT2D eigenvalue weighted by molar-refractivity contribution is -0.137. The topological polar surface area (TPSA) is 84.5 Å². The monoisotopic (exact) mass is 394 g/mol. The summed E-state index contributed by atoms with van der Waals surface area (Å²) in [6.45, 7) is 0.921. The molecule has 1 aromatic rings. The van der Waals surface area contributed by atoms with E-state index in [2.05, 4.69) is 10.6 Å². The van der Waals surface area contributed by atoms with Crippen molar-refractivity contribution in [3.63, 3.8) is 0 Å². The maximum atomic E-state index is 12.5. The fraction of sp³-hybridized carbons (Fsp3) is 0.562. The van der Waals surface area contributed by atoms with Gasteiger partial charge in [0.15, 0.2) is 14.6 Å². The zero-order valence-corrected chi connectivity index (χ0v) is 15.0. The van der Waals surface area contributed by atoms with Crippen molar-refractivity contribution in [2.45, 2.75) is 23.8 Å². The molecular formula is C16H21F3N2O4S. The van der Waals surface area contributed by atoms with E-state index < -0.39 is 32.2 Å². The van der Waals surface area contributed by atoms with Crippen LogP contribution in [0.2, 0.25) is 0 Å². The van der Waals surface area contributed by atoms with E-state index >= 15 is 0 Å². The van der Waals surface area contributed by atoms with Gasteiger partial charge < -0.3 is 15.4 Å². The van der Waals surface area contributed by atoms with E-state index in [4.69, 9.17) is 4.74 Å². The maximum absolute atomic E-state index is 12.5. The SMILES string of the molecule is CS(=O)(=O)C1(C(=O)NCCOc2ccc(C(F)(F)F)cc2)CCNCC1. The number of hydrogen-bond acceptors (Lipinski definition) is 5. The minimum absolute atomic E-state index is 0.00912. The zero-order valence-electron chi connectivity index (χ0n) is 14.2. The van der Waals surface area contributed by atoms with Gasteiger partial charge in [0.05, 0.1) is 12.1 Å². The Morgan fingerprint density at radius 3 is 2.31 bits per heavy atom. The van der Waals surface area contributed by atoms with Crippen molar-refractivity contribution in [1.29, 1.82) is 0 Å². The summed E-state index contributed by atoms with van der Waals surface area (Å²) in [6, 6.07) is 4.19. The van der Waals surface area contributed by atoms with Crippen molar-refractivity contribution in [1.82, 2.24) is 10.6 Å². The molecule has 1 fully saturated rings. The van der Waals surface area contributed by atoms with Crippen molar-refractivity contribution in [3.05, 3.63) is 29.8 Å². The highest BCUT2D eigenvalue weighted by Gasteiger charge is 2.48. The fourth-order valence-electron chi connectivity index (χ4n) is 2.83. The van der Waals surface area contributed by atoms with Gasteiger partial charge >= 0.3 is 6.18 Å². The van der Waals surface area contributed by atoms with Gasteiger partial charge in [-0.1, -0.05) is 0 Å². The van der Waals surface area contributed by atoms with Crippen LogP contribution in [-0.4, -0.2) is 51.6 Å². The third-order valence-electron chi connectivity index (χ3n) is 4.37. The highest BCUT2D eigenvalue weighted by molar-refractivity contribution is 7.92. The Balaban J connectivity index is 1.88. The number of piperidine rings is 1. The first-order valence-electron chi connectivity index (χ1n) is 8.05. The average Bonchev–Trinajstić information content (AvgIpc) is 2.58. The lowest BCUT2D eigenvalue weighted by atomic mass is 9.96. The van der Waals surface area contributed by atoms with Crippen LogP contribution in [0.4, 0.5) is 13.2 Å². The highest BCUT2D eigenvalue weighted by atomic mass is 32.2. The number of sulfone groups is 1. The van der Waals surface area contributed by atoms with Crippen LogP contribution in [0, 0.1) is 0 Å². The molecule has 0 atom stereocenters. The lowest BCUT2D eigenvalue weighted by Crippen LogP contribution is -2.57. The van der Waals surface area contributed by atoms with Crippen molar-refractivity contribution < 1.29 is 31.1 Å². The van der Waals surface area contributed by atoms with E-state index in [1.165, 1.54) is 12.1 Å². The molecule has 0 bridgehead atoms. The van der Waals surface area contributed by atoms with Gasteiger partial charge in [-0.25, -0.2) is 8.42 Å². The second kappa shape index (κ2) is 7.83. The second-order valence-electron chi connectivity index (χ2n) is 6.14. The van der Waals surface area contributed by atoms with Gasteiger partial charge in [-0.2, -0.15) is 13.2 Å². The van der Waals surface area contributed by atoms with Gasteiger partial charge in [0.2, 0.25) is 5.91 Å². The molecule has 2 rings (SSSR count). The number of hydrogen-bond donors (Lipinski definition) is 2. The van der Waals surface area contributed by atoms with E-state index in [1.807, 2.05) is 0 Å². The summed E-state index contributed by atoms with van der Waals surface area (Å²) >= 11 is 0. The number of carbonyl (C=O) groups excluding carboxylic acids is 1. The van der Waals surface area contributed by atoms with Crippen molar-refractivity contribution in [2.24, 2.45) is 0 Å². The van der Waals surface area contributed by atoms with Gasteiger partial charge in [-0.15, -0.1) is 0 Å². The number of ether oxygens (including phenoxy) is 1. The Bertz CT molecular complexity index is 727. The van der Waals surface area contributed by atoms with Crippen LogP contribution in [0.1, 0.15) is 18.4 Å². The summed E-state index contributed by atoms with van der Waals surface area (Å²) < 4.78 is 65.5. The molecule has 1 amide bonds. The quantitative estimate of drug-likeness (QED) is 0.712. The summed E-state index contributed by atoms with van der Waals surface area (Å²) in [7, 11) is -3.59. The molecule has 1 aromatic carbocycles. The largest absolute Gasteiger partial charge is 0.492 e. The van der Waals surface area contributed by atoms with Crippen molar-refractivity contribution >= 4 is 15.7 Å². The molecule has 10 heteroatoms. The van der Waals surface area contributed by atoms with E-state index in [9.17, 15) is 26.4 Å². The molecule has 0 unspecified atom stereocenters. The molecule has 2 N–H and O–H groups in total. The van der Waals surface area contributed by atoms with Crippen LogP contribution in [0.5, 0.6) is 5.75 Å². The molecule has 1 heterocycles. The summed E-state index contributed by atoms with van der Waals surface area (Å²) in [5.41, 5.74) is -0.779. The summed E-state index contributed by atoms with van der Waals surface area (Å²) in [5.74, 6) is -0.343. The first-order valence-corrected chi connectivity index (χ1v) is 9.94. The number of nitrogens with one attached hydrogen (secondary N) is 2. The van der Waals surface area contributed by atoms with Gasteiger partial charge in [-0.05, 0) is 50.2 Å². The number of alkyl halides is 3. The van der Waals surface area contributed by atoms with Gasteiger partial charge in [0.1, 0.15) is 12.4 Å². The molecule has 1 aliphatic rings. The first kappa shape index (κ1) is 20.5. The predicted octanol–water partition coefficient (Wildman–Crippen LogP) is 1.37. The molecule has 0 radical (unpaired) electrons. The molecule has 0 saturated carbocycles. The second-order valence-corrected chi connectivity index (χ2v) is 8.47. The molecule has 0 spiro atoms. The van der Waals surface area contributed by atoms with Crippen molar-refractivity contribution in [2.75, 3.05) is 32.5 Å². The lowest BCUT2D eigenvalue weighted by Gasteiger charge is -2.34. The third kappa shape index (κ3) is 4.67. The van der Waals surface area contributed by atoms with Gasteiger partial charge in [0, 0.05) is 6.26 Å². The molecule has 26 heavy (non-hydrogen) atoms. The summed E-state index contributed by atoms with van der Waals surface area (Å²) in [6.07, 6.45) is -2.98. The van der Waals surface area contributed by atoms with Crippen molar-refractivity contribution in [3.8, 4) is 5.75 Å². The first-order chi connectivity index (χ1) is 12.1. The Kier molecular flexibility index (Phi) is 6.17. The van der Waals surface area contributed by atoms with E-state index in [1.54, 1.807) is 0 Å². The van der Waals surface area contributed by atoms with Crippen LogP contribution in [-0.2, 0) is 20.8 Å². The molecular weight excluding hydrogens is 373 g/mol. The van der Waals surface area contributed by atoms with E-state index in [0.717, 1.165) is 18.4 Å². The number of rotatable bonds is 6. The van der Waals surface area contributed by atoms with Crippen LogP contribution >= 0.6 is 0 Å². The number of amides is 1. The minimum Gasteiger partial charge on any atom is -0.492 e. The van der Waals surface area contributed by atoms with Crippen LogP contribution < -0.4 is 15.4 Å². The van der Waals surface area contributed by atoms with Crippen LogP contribution in [0.25, 0.3) is 0 Å². The average molecular weight is 394 g/mol. The smallest absolute Gasteiger partial charge is 0.416 e. The minimum atomic E-state index is -4.42. The molecule has 6 nitrogen and oxygen atoms in total. The number of halogens is 3. The molecule has 0 aliphatic carbocycles. The Labute approximate surface area is 150 Å².